The van der Waals surface area contributed by atoms with Gasteiger partial charge in [-0.1, -0.05) is 121 Å². The number of ether oxygens (including phenoxy) is 2. The van der Waals surface area contributed by atoms with Crippen LogP contribution in [0.3, 0.4) is 0 Å². The third-order valence-electron chi connectivity index (χ3n) is 7.41. The topological polar surface area (TPSA) is 18.5 Å². The summed E-state index contributed by atoms with van der Waals surface area (Å²) in [5.41, 5.74) is 7.73. The van der Waals surface area contributed by atoms with Gasteiger partial charge in [0.1, 0.15) is 0 Å². The maximum absolute atomic E-state index is 7.23. The van der Waals surface area contributed by atoms with Gasteiger partial charge in [0.2, 0.25) is 5.79 Å². The fourth-order valence-corrected chi connectivity index (χ4v) is 6.17. The fraction of sp³-hybridized carbons (Fsp3) is 0.200. The number of benzene rings is 4. The molecule has 2 aliphatic heterocycles. The molecule has 2 aliphatic rings. The maximum Gasteiger partial charge on any atom is 0.225 e. The lowest BCUT2D eigenvalue weighted by Gasteiger charge is -2.35. The van der Waals surface area contributed by atoms with Crippen LogP contribution in [-0.2, 0) is 9.47 Å². The molecule has 0 aromatic heterocycles. The molecule has 37 heavy (non-hydrogen) atoms. The lowest BCUT2D eigenvalue weighted by molar-refractivity contribution is -0.207. The van der Waals surface area contributed by atoms with E-state index < -0.39 is 17.0 Å². The van der Waals surface area contributed by atoms with Gasteiger partial charge >= 0.3 is 0 Å². The highest BCUT2D eigenvalue weighted by molar-refractivity contribution is 6.11. The quantitative estimate of drug-likeness (QED) is 0.289. The fourth-order valence-electron chi connectivity index (χ4n) is 6.17. The standard InChI is InChI=1S/C35H32O2/c1-33(2)29(25-17-9-5-10-18-25)31(27-21-13-7-14-22-27)35(36-33)32(28-23-15-8-16-24-28)30(34(3,4)37-35)26-19-11-6-12-20-26/h5-24H,1-4H3. The molecule has 0 N–H and O–H groups in total. The molecule has 0 atom stereocenters. The molecule has 0 unspecified atom stereocenters. The van der Waals surface area contributed by atoms with Crippen molar-refractivity contribution < 1.29 is 9.47 Å². The molecule has 2 nitrogen and oxygen atoms in total. The van der Waals surface area contributed by atoms with Crippen LogP contribution >= 0.6 is 0 Å². The second-order valence-electron chi connectivity index (χ2n) is 10.8. The van der Waals surface area contributed by atoms with E-state index in [4.69, 9.17) is 9.47 Å². The summed E-state index contributed by atoms with van der Waals surface area (Å²) in [6.45, 7) is 8.64. The van der Waals surface area contributed by atoms with Gasteiger partial charge in [0.15, 0.2) is 0 Å². The molecule has 0 aliphatic carbocycles. The van der Waals surface area contributed by atoms with Crippen molar-refractivity contribution in [1.29, 1.82) is 0 Å². The van der Waals surface area contributed by atoms with E-state index in [1.165, 1.54) is 0 Å². The van der Waals surface area contributed by atoms with Crippen molar-refractivity contribution in [2.45, 2.75) is 44.7 Å². The molecule has 2 heteroatoms. The van der Waals surface area contributed by atoms with Gasteiger partial charge in [0.25, 0.3) is 0 Å². The Balaban J connectivity index is 1.76. The molecule has 0 amide bonds. The Kier molecular flexibility index (Phi) is 5.56. The first-order valence-electron chi connectivity index (χ1n) is 13.0. The van der Waals surface area contributed by atoms with Gasteiger partial charge in [-0.3, -0.25) is 0 Å². The Morgan fingerprint density at radius 1 is 0.351 bits per heavy atom. The van der Waals surface area contributed by atoms with Gasteiger partial charge in [-0.2, -0.15) is 0 Å². The van der Waals surface area contributed by atoms with E-state index in [0.717, 1.165) is 44.5 Å². The molecular formula is C35H32O2. The van der Waals surface area contributed by atoms with E-state index in [9.17, 15) is 0 Å². The summed E-state index contributed by atoms with van der Waals surface area (Å²) in [5.74, 6) is -1.09. The minimum atomic E-state index is -1.09. The zero-order valence-corrected chi connectivity index (χ0v) is 21.9. The summed E-state index contributed by atoms with van der Waals surface area (Å²) in [5, 5.41) is 0. The van der Waals surface area contributed by atoms with Crippen LogP contribution in [0.5, 0.6) is 0 Å². The van der Waals surface area contributed by atoms with Crippen LogP contribution in [0.25, 0.3) is 22.3 Å². The van der Waals surface area contributed by atoms with Crippen LogP contribution in [0, 0.1) is 0 Å². The molecule has 0 radical (unpaired) electrons. The average Bonchev–Trinajstić information content (AvgIpc) is 3.29. The molecule has 2 heterocycles. The Morgan fingerprint density at radius 2 is 0.595 bits per heavy atom. The second-order valence-corrected chi connectivity index (χ2v) is 10.8. The molecule has 6 rings (SSSR count). The first-order valence-corrected chi connectivity index (χ1v) is 13.0. The molecule has 4 aromatic carbocycles. The lowest BCUT2D eigenvalue weighted by Crippen LogP contribution is -2.40. The minimum Gasteiger partial charge on any atom is -0.331 e. The summed E-state index contributed by atoms with van der Waals surface area (Å²) in [6.07, 6.45) is 0. The minimum absolute atomic E-state index is 0.602. The first-order chi connectivity index (χ1) is 17.8. The molecule has 0 bridgehead atoms. The largest absolute Gasteiger partial charge is 0.331 e. The molecular weight excluding hydrogens is 452 g/mol. The summed E-state index contributed by atoms with van der Waals surface area (Å²) < 4.78 is 14.5. The monoisotopic (exact) mass is 484 g/mol. The molecule has 0 saturated carbocycles. The zero-order valence-electron chi connectivity index (χ0n) is 21.9. The highest BCUT2D eigenvalue weighted by Gasteiger charge is 2.62. The molecule has 0 fully saturated rings. The van der Waals surface area contributed by atoms with E-state index in [1.54, 1.807) is 0 Å². The molecule has 1 spiro atoms. The third-order valence-corrected chi connectivity index (χ3v) is 7.41. The van der Waals surface area contributed by atoms with E-state index in [0.29, 0.717) is 0 Å². The number of hydrogen-bond acceptors (Lipinski definition) is 2. The second kappa shape index (κ2) is 8.69. The van der Waals surface area contributed by atoms with E-state index >= 15 is 0 Å². The van der Waals surface area contributed by atoms with Crippen molar-refractivity contribution >= 4 is 22.3 Å². The summed E-state index contributed by atoms with van der Waals surface area (Å²) in [6, 6.07) is 42.3. The van der Waals surface area contributed by atoms with Gasteiger partial charge in [-0.05, 0) is 49.9 Å². The maximum atomic E-state index is 7.23. The van der Waals surface area contributed by atoms with Crippen molar-refractivity contribution in [3.63, 3.8) is 0 Å². The van der Waals surface area contributed by atoms with Gasteiger partial charge in [0.05, 0.1) is 11.2 Å². The van der Waals surface area contributed by atoms with Gasteiger partial charge < -0.3 is 9.47 Å². The smallest absolute Gasteiger partial charge is 0.225 e. The Labute approximate surface area is 219 Å². The highest BCUT2D eigenvalue weighted by atomic mass is 16.7. The van der Waals surface area contributed by atoms with Crippen molar-refractivity contribution in [3.05, 3.63) is 144 Å². The molecule has 0 saturated heterocycles. The SMILES string of the molecule is CC1(C)OC2(OC(C)(C)C(c3ccccc3)=C2c2ccccc2)C(c2ccccc2)=C1c1ccccc1. The molecule has 184 valence electrons. The Morgan fingerprint density at radius 3 is 0.865 bits per heavy atom. The van der Waals surface area contributed by atoms with Crippen molar-refractivity contribution in [2.75, 3.05) is 0 Å². The number of rotatable bonds is 4. The van der Waals surface area contributed by atoms with Crippen molar-refractivity contribution in [2.24, 2.45) is 0 Å². The summed E-state index contributed by atoms with van der Waals surface area (Å²) in [4.78, 5) is 0. The normalized spacial score (nSPS) is 19.6. The Hall–Kier alpha value is -3.72. The summed E-state index contributed by atoms with van der Waals surface area (Å²) >= 11 is 0. The molecule has 4 aromatic rings. The predicted octanol–water partition coefficient (Wildman–Crippen LogP) is 8.52. The van der Waals surface area contributed by atoms with Crippen LogP contribution in [-0.4, -0.2) is 17.0 Å². The van der Waals surface area contributed by atoms with E-state index in [2.05, 4.69) is 149 Å². The van der Waals surface area contributed by atoms with E-state index in [-0.39, 0.29) is 0 Å². The highest BCUT2D eigenvalue weighted by Crippen LogP contribution is 2.64. The zero-order chi connectivity index (χ0) is 25.7. The third kappa shape index (κ3) is 3.80. The van der Waals surface area contributed by atoms with E-state index in [1.807, 2.05) is 0 Å². The van der Waals surface area contributed by atoms with Gasteiger partial charge in [0, 0.05) is 22.3 Å². The Bertz CT molecular complexity index is 1360. The average molecular weight is 485 g/mol. The first kappa shape index (κ1) is 23.7. The van der Waals surface area contributed by atoms with Crippen LogP contribution in [0.2, 0.25) is 0 Å². The van der Waals surface area contributed by atoms with Crippen molar-refractivity contribution in [3.8, 4) is 0 Å². The van der Waals surface area contributed by atoms with Gasteiger partial charge in [-0.25, -0.2) is 0 Å². The lowest BCUT2D eigenvalue weighted by atomic mass is 9.79. The predicted molar refractivity (Wildman–Crippen MR) is 152 cm³/mol. The van der Waals surface area contributed by atoms with Gasteiger partial charge in [-0.15, -0.1) is 0 Å². The van der Waals surface area contributed by atoms with Crippen LogP contribution in [0.4, 0.5) is 0 Å². The summed E-state index contributed by atoms with van der Waals surface area (Å²) in [7, 11) is 0. The van der Waals surface area contributed by atoms with Crippen molar-refractivity contribution in [1.82, 2.24) is 0 Å². The van der Waals surface area contributed by atoms with Crippen LogP contribution < -0.4 is 0 Å². The van der Waals surface area contributed by atoms with Crippen LogP contribution in [0.15, 0.2) is 121 Å². The number of hydrogen-bond donors (Lipinski definition) is 0. The van der Waals surface area contributed by atoms with Crippen LogP contribution in [0.1, 0.15) is 49.9 Å².